The molecule has 0 saturated heterocycles. The summed E-state index contributed by atoms with van der Waals surface area (Å²) in [6.45, 7) is 0. The van der Waals surface area contributed by atoms with E-state index in [-0.39, 0.29) is 11.5 Å². The zero-order valence-electron chi connectivity index (χ0n) is 12.0. The molecule has 0 aliphatic carbocycles. The summed E-state index contributed by atoms with van der Waals surface area (Å²) >= 11 is 4.23. The highest BCUT2D eigenvalue weighted by molar-refractivity contribution is 14.1. The van der Waals surface area contributed by atoms with Crippen LogP contribution in [0, 0.1) is 7.14 Å². The summed E-state index contributed by atoms with van der Waals surface area (Å²) in [4.78, 5) is 24.6. The number of fused-ring (bicyclic) bond motifs is 2. The molecule has 24 heavy (non-hydrogen) atoms. The predicted molar refractivity (Wildman–Crippen MR) is 109 cm³/mol. The molecule has 6 heteroatoms. The summed E-state index contributed by atoms with van der Waals surface area (Å²) in [5.41, 5.74) is -0.903. The molecule has 2 aromatic carbocycles. The summed E-state index contributed by atoms with van der Waals surface area (Å²) in [6, 6.07) is 14.4. The molecular weight excluding hydrogens is 534 g/mol. The first-order valence-corrected chi connectivity index (χ1v) is 9.16. The van der Waals surface area contributed by atoms with Gasteiger partial charge < -0.3 is 8.83 Å². The third-order valence-corrected chi connectivity index (χ3v) is 5.90. The van der Waals surface area contributed by atoms with Crippen molar-refractivity contribution < 1.29 is 8.83 Å². The molecule has 4 nitrogen and oxygen atoms in total. The van der Waals surface area contributed by atoms with Crippen LogP contribution in [0.25, 0.3) is 33.1 Å². The molecule has 2 heterocycles. The van der Waals surface area contributed by atoms with E-state index >= 15 is 0 Å². The van der Waals surface area contributed by atoms with Crippen LogP contribution >= 0.6 is 45.2 Å². The highest BCUT2D eigenvalue weighted by atomic mass is 127. The van der Waals surface area contributed by atoms with Crippen LogP contribution in [0.2, 0.25) is 0 Å². The maximum atomic E-state index is 12.3. The van der Waals surface area contributed by atoms with Gasteiger partial charge in [0, 0.05) is 10.8 Å². The van der Waals surface area contributed by atoms with Gasteiger partial charge in [0.1, 0.15) is 0 Å². The van der Waals surface area contributed by atoms with Crippen molar-refractivity contribution in [3.05, 3.63) is 76.5 Å². The normalized spacial score (nSPS) is 11.2. The van der Waals surface area contributed by atoms with Gasteiger partial charge in [-0.25, -0.2) is 9.59 Å². The van der Waals surface area contributed by atoms with Gasteiger partial charge in [-0.1, -0.05) is 36.4 Å². The Bertz CT molecular complexity index is 1120. The Morgan fingerprint density at radius 2 is 0.917 bits per heavy atom. The Hall–Kier alpha value is -1.68. The van der Waals surface area contributed by atoms with Crippen LogP contribution in [0.3, 0.4) is 0 Å². The fourth-order valence-electron chi connectivity index (χ4n) is 2.63. The maximum Gasteiger partial charge on any atom is 0.344 e. The first-order valence-electron chi connectivity index (χ1n) is 7.01. The Labute approximate surface area is 162 Å². The van der Waals surface area contributed by atoms with E-state index in [1.807, 2.05) is 24.3 Å². The third-order valence-electron chi connectivity index (χ3n) is 3.76. The van der Waals surface area contributed by atoms with Crippen molar-refractivity contribution in [3.63, 3.8) is 0 Å². The molecule has 0 saturated carbocycles. The van der Waals surface area contributed by atoms with Gasteiger partial charge in [-0.15, -0.1) is 0 Å². The van der Waals surface area contributed by atoms with Crippen LogP contribution < -0.4 is 11.3 Å². The fourth-order valence-corrected chi connectivity index (χ4v) is 4.28. The molecule has 0 spiro atoms. The van der Waals surface area contributed by atoms with Crippen molar-refractivity contribution >= 4 is 66.7 Å². The van der Waals surface area contributed by atoms with Gasteiger partial charge in [0.15, 0.2) is 11.5 Å². The minimum absolute atomic E-state index is 0.284. The minimum Gasteiger partial charge on any atom is -0.418 e. The van der Waals surface area contributed by atoms with Crippen LogP contribution in [0.15, 0.2) is 67.0 Å². The third kappa shape index (κ3) is 2.39. The topological polar surface area (TPSA) is 60.4 Å². The molecule has 0 amide bonds. The molecule has 4 aromatic rings. The Balaban J connectivity index is 2.15. The number of hydrogen-bond acceptors (Lipinski definition) is 4. The summed E-state index contributed by atoms with van der Waals surface area (Å²) in [6.07, 6.45) is 0. The maximum absolute atomic E-state index is 12.3. The smallest absolute Gasteiger partial charge is 0.344 e. The zero-order valence-corrected chi connectivity index (χ0v) is 16.3. The first-order chi connectivity index (χ1) is 11.6. The average Bonchev–Trinajstić information content (AvgIpc) is 2.61. The van der Waals surface area contributed by atoms with Gasteiger partial charge in [0.05, 0.1) is 17.9 Å². The van der Waals surface area contributed by atoms with Gasteiger partial charge in [-0.3, -0.25) is 0 Å². The Morgan fingerprint density at radius 1 is 0.583 bits per heavy atom. The lowest BCUT2D eigenvalue weighted by Crippen LogP contribution is -2.07. The van der Waals surface area contributed by atoms with Crippen molar-refractivity contribution in [3.8, 4) is 11.5 Å². The van der Waals surface area contributed by atoms with E-state index in [4.69, 9.17) is 8.83 Å². The highest BCUT2D eigenvalue weighted by Gasteiger charge is 2.20. The Kier molecular flexibility index (Phi) is 3.95. The molecule has 0 unspecified atom stereocenters. The monoisotopic (exact) mass is 542 g/mol. The zero-order chi connectivity index (χ0) is 16.8. The van der Waals surface area contributed by atoms with E-state index in [0.717, 1.165) is 17.9 Å². The van der Waals surface area contributed by atoms with E-state index in [2.05, 4.69) is 45.2 Å². The number of rotatable bonds is 1. The fraction of sp³-hybridized carbons (Fsp3) is 0. The lowest BCUT2D eigenvalue weighted by molar-refractivity contribution is 0.473. The van der Waals surface area contributed by atoms with Gasteiger partial charge in [-0.2, -0.15) is 0 Å². The SMILES string of the molecule is O=c1oc(-c2oc(=O)c3ccccc3c2I)c(I)c2ccccc12. The molecule has 0 fully saturated rings. The molecule has 0 N–H and O–H groups in total. The second-order valence-electron chi connectivity index (χ2n) is 5.16. The van der Waals surface area contributed by atoms with Crippen molar-refractivity contribution in [2.24, 2.45) is 0 Å². The van der Waals surface area contributed by atoms with Gasteiger partial charge >= 0.3 is 11.3 Å². The quantitative estimate of drug-likeness (QED) is 0.326. The summed E-state index contributed by atoms with van der Waals surface area (Å²) in [5, 5.41) is 2.56. The van der Waals surface area contributed by atoms with E-state index in [1.54, 1.807) is 24.3 Å². The molecule has 0 aliphatic rings. The van der Waals surface area contributed by atoms with Gasteiger partial charge in [0.2, 0.25) is 0 Å². The molecular formula is C18H8I2O4. The summed E-state index contributed by atoms with van der Waals surface area (Å²) in [5.74, 6) is 0.568. The second-order valence-corrected chi connectivity index (χ2v) is 7.31. The first kappa shape index (κ1) is 15.8. The van der Waals surface area contributed by atoms with Crippen LogP contribution in [0.1, 0.15) is 0 Å². The van der Waals surface area contributed by atoms with Crippen LogP contribution in [-0.2, 0) is 0 Å². The number of hydrogen-bond donors (Lipinski definition) is 0. The lowest BCUT2D eigenvalue weighted by Gasteiger charge is -2.08. The summed E-state index contributed by atoms with van der Waals surface area (Å²) < 4.78 is 12.5. The van der Waals surface area contributed by atoms with Crippen LogP contribution in [0.4, 0.5) is 0 Å². The standard InChI is InChI=1S/C18H8I2O4/c19-13-9-5-1-3-7-11(9)17(21)23-15(13)16-14(20)10-6-2-4-8-12(10)18(22)24-16/h1-8H. The van der Waals surface area contributed by atoms with E-state index in [0.29, 0.717) is 10.8 Å². The Morgan fingerprint density at radius 3 is 1.29 bits per heavy atom. The van der Waals surface area contributed by atoms with E-state index in [1.165, 1.54) is 0 Å². The largest absolute Gasteiger partial charge is 0.418 e. The van der Waals surface area contributed by atoms with Crippen molar-refractivity contribution in [2.45, 2.75) is 0 Å². The van der Waals surface area contributed by atoms with Gasteiger partial charge in [-0.05, 0) is 57.3 Å². The number of benzene rings is 2. The summed E-state index contributed by atoms with van der Waals surface area (Å²) in [7, 11) is 0. The molecule has 4 rings (SSSR count). The van der Waals surface area contributed by atoms with Crippen molar-refractivity contribution in [1.82, 2.24) is 0 Å². The van der Waals surface area contributed by atoms with Crippen molar-refractivity contribution in [2.75, 3.05) is 0 Å². The lowest BCUT2D eigenvalue weighted by atomic mass is 10.1. The number of halogens is 2. The van der Waals surface area contributed by atoms with Crippen LogP contribution in [0.5, 0.6) is 0 Å². The van der Waals surface area contributed by atoms with E-state index in [9.17, 15) is 9.59 Å². The highest BCUT2D eigenvalue weighted by Crippen LogP contribution is 2.34. The minimum atomic E-state index is -0.451. The molecule has 0 aliphatic heterocycles. The van der Waals surface area contributed by atoms with Crippen LogP contribution in [-0.4, -0.2) is 0 Å². The van der Waals surface area contributed by atoms with Gasteiger partial charge in [0.25, 0.3) is 0 Å². The molecule has 118 valence electrons. The molecule has 0 atom stereocenters. The molecule has 2 aromatic heterocycles. The van der Waals surface area contributed by atoms with E-state index < -0.39 is 11.3 Å². The molecule has 0 radical (unpaired) electrons. The predicted octanol–water partition coefficient (Wildman–Crippen LogP) is 4.78. The average molecular weight is 542 g/mol. The molecule has 0 bridgehead atoms. The van der Waals surface area contributed by atoms with Crippen molar-refractivity contribution in [1.29, 1.82) is 0 Å². The second kappa shape index (κ2) is 5.99.